The predicted molar refractivity (Wildman–Crippen MR) is 411 cm³/mol. The van der Waals surface area contributed by atoms with Gasteiger partial charge in [-0.2, -0.15) is 25.3 Å². The highest BCUT2D eigenvalue weighted by molar-refractivity contribution is 7.93. The zero-order valence-electron chi connectivity index (χ0n) is 61.0. The molecule has 113 heavy (non-hydrogen) atoms. The van der Waals surface area contributed by atoms with Crippen LogP contribution in [0.2, 0.25) is 0 Å². The van der Waals surface area contributed by atoms with E-state index in [-0.39, 0.29) is 126 Å². The van der Waals surface area contributed by atoms with Crippen LogP contribution in [0.5, 0.6) is 0 Å². The number of hydrogen-bond acceptors (Lipinski definition) is 24. The molecule has 0 spiro atoms. The average molecular weight is 1690 g/mol. The first kappa shape index (κ1) is 84.9. The number of ether oxygens (including phenoxy) is 2. The number of methoxy groups -OCH3 is 2. The largest absolute Gasteiger partial charge is 0.511 e. The smallest absolute Gasteiger partial charge is 0.311 e. The maximum absolute atomic E-state index is 13.6. The number of halogens is 3. The number of nitrogens with one attached hydrogen (secondary N) is 7. The van der Waals surface area contributed by atoms with Gasteiger partial charge in [-0.15, -0.1) is 13.2 Å². The first-order valence-electron chi connectivity index (χ1n) is 34.6. The minimum atomic E-state index is -4.34. The van der Waals surface area contributed by atoms with Crippen LogP contribution in [0.4, 0.5) is 47.3 Å². The second-order valence-corrected chi connectivity index (χ2v) is 37.2. The van der Waals surface area contributed by atoms with Crippen molar-refractivity contribution in [3.8, 4) is 0 Å². The number of aliphatic hydroxyl groups excluding tert-OH is 1. The van der Waals surface area contributed by atoms with Crippen molar-refractivity contribution in [1.82, 2.24) is 15.1 Å². The minimum Gasteiger partial charge on any atom is -0.511 e. The highest BCUT2D eigenvalue weighted by atomic mass is 32.2. The lowest BCUT2D eigenvalue weighted by atomic mass is 9.89. The van der Waals surface area contributed by atoms with Gasteiger partial charge in [0.25, 0.3) is 36.0 Å². The van der Waals surface area contributed by atoms with Gasteiger partial charge in [0.2, 0.25) is 36.0 Å². The van der Waals surface area contributed by atoms with Crippen LogP contribution >= 0.6 is 0 Å². The summed E-state index contributed by atoms with van der Waals surface area (Å²) in [6.07, 6.45) is 8.59. The van der Waals surface area contributed by atoms with E-state index in [0.717, 1.165) is 68.2 Å². The highest BCUT2D eigenvalue weighted by Gasteiger charge is 2.47. The summed E-state index contributed by atoms with van der Waals surface area (Å²) < 4.78 is 211. The number of sulfonamides is 6. The molecule has 0 radical (unpaired) electrons. The standard InChI is InChI=1S/C24H27FN4O7S2.C23H23FN4O6S2.C14H18FNO2.C10H11N3O6S2/c1-36-24(31)18-4-3-5-20(18)29(14-15-6-8-16(25)9-7-15)23(30)13-22-26-19-11-10-17(27-37(2,32)33)12-21(19)38(34,35)28-22;1-35(31,32)26-15-9-10-17-19(11-15)36(33,34)27-22(25-17)20-21(29)16-3-2-4-18(16)28(23(20)30)12-13-5-7-14(24)8-6-13;1-18-14(17)12-3-2-4-13(12)16-9-10-5-7-11(15)8-6-10;1-20(16,17)12-6-2-3-7-8(4-6)21(18,19)13-9(11-7)5-10(14)15/h6-12,18,20,27H,3-5,13-14H2,1-2H3,(H,26,28);5-11,16,18,26,29H,2-4,12H2,1H3,(H,25,27);5-8,12-13,16H,2-4,9H2,1H3;2-4,12H,5H2,1H3,(H,11,13)(H,14,15)/t18-,20+;16-,18+;12-,13+;/m111./s1. The summed E-state index contributed by atoms with van der Waals surface area (Å²) in [5.41, 5.74) is 2.64. The molecule has 6 aromatic rings. The maximum Gasteiger partial charge on any atom is 0.311 e. The fourth-order valence-corrected chi connectivity index (χ4v) is 19.0. The van der Waals surface area contributed by atoms with Gasteiger partial charge in [0.1, 0.15) is 61.6 Å². The number of benzene rings is 6. The number of amides is 2. The molecule has 9 N–H and O–H groups in total. The summed E-state index contributed by atoms with van der Waals surface area (Å²) in [5.74, 6) is -5.74. The van der Waals surface area contributed by atoms with E-state index < -0.39 is 120 Å². The van der Waals surface area contributed by atoms with Crippen LogP contribution in [0.15, 0.2) is 167 Å². The van der Waals surface area contributed by atoms with E-state index in [9.17, 15) is 92.8 Å². The number of nitrogens with zero attached hydrogens (tertiary/aromatic N) is 5. The molecule has 7 aliphatic rings. The van der Waals surface area contributed by atoms with Crippen LogP contribution in [-0.4, -0.2) is 169 Å². The van der Waals surface area contributed by atoms with Gasteiger partial charge in [-0.1, -0.05) is 55.7 Å². The highest BCUT2D eigenvalue weighted by Crippen LogP contribution is 2.43. The zero-order chi connectivity index (χ0) is 82.3. The third-order valence-corrected chi connectivity index (χ3v) is 24.6. The number of rotatable bonds is 21. The first-order valence-corrected chi connectivity index (χ1v) is 44.6. The Morgan fingerprint density at radius 1 is 0.549 bits per heavy atom. The number of amidine groups is 3. The number of anilines is 6. The molecule has 3 fully saturated rings. The number of esters is 2. The summed E-state index contributed by atoms with van der Waals surface area (Å²) in [7, 11) is -20.8. The van der Waals surface area contributed by atoms with E-state index >= 15 is 0 Å². The number of hydrogen-bond donors (Lipinski definition) is 9. The van der Waals surface area contributed by atoms with Gasteiger partial charge in [0, 0.05) is 60.7 Å². The Labute approximate surface area is 650 Å². The molecule has 0 unspecified atom stereocenters. The molecule has 4 heterocycles. The molecule has 0 bridgehead atoms. The molecule has 0 saturated heterocycles. The monoisotopic (exact) mass is 1680 g/mol. The average Bonchev–Trinajstić information content (AvgIpc) is 1.68. The molecule has 2 amide bonds. The fourth-order valence-electron chi connectivity index (χ4n) is 13.9. The molecule has 3 aliphatic carbocycles. The number of aliphatic carboxylic acids is 1. The Morgan fingerprint density at radius 3 is 1.45 bits per heavy atom. The van der Waals surface area contributed by atoms with Crippen molar-refractivity contribution in [2.24, 2.45) is 30.9 Å². The number of carboxylic acids is 1. The molecule has 3 saturated carbocycles. The van der Waals surface area contributed by atoms with Gasteiger partial charge in [-0.3, -0.25) is 38.1 Å². The summed E-state index contributed by atoms with van der Waals surface area (Å²) in [4.78, 5) is 64.1. The van der Waals surface area contributed by atoms with Gasteiger partial charge in [0.15, 0.2) is 5.84 Å². The zero-order valence-corrected chi connectivity index (χ0v) is 65.9. The Bertz CT molecular complexity index is 5570. The molecule has 6 atom stereocenters. The van der Waals surface area contributed by atoms with Crippen molar-refractivity contribution in [1.29, 1.82) is 0 Å². The third kappa shape index (κ3) is 22.0. The van der Waals surface area contributed by atoms with E-state index in [1.54, 1.807) is 29.2 Å². The minimum absolute atomic E-state index is 0.0374. The predicted octanol–water partition coefficient (Wildman–Crippen LogP) is 7.51. The van der Waals surface area contributed by atoms with Crippen LogP contribution in [0, 0.1) is 35.2 Å². The molecule has 13 rings (SSSR count). The van der Waals surface area contributed by atoms with E-state index in [1.807, 2.05) is 0 Å². The summed E-state index contributed by atoms with van der Waals surface area (Å²) in [5, 5.41) is 31.3. The molecule has 33 nitrogen and oxygen atoms in total. The number of fused-ring (bicyclic) bond motifs is 4. The molecule has 4 aliphatic heterocycles. The Kier molecular flexibility index (Phi) is 26.2. The van der Waals surface area contributed by atoms with Gasteiger partial charge < -0.3 is 50.8 Å². The number of carbonyl (C=O) groups excluding carboxylic acids is 4. The van der Waals surface area contributed by atoms with Crippen LogP contribution in [0.1, 0.15) is 87.3 Å². The topological polar surface area (TPSA) is 477 Å². The molecule has 0 aromatic heterocycles. The fraction of sp³-hybridized carbons (Fsp3) is 0.352. The molecular formula is C71H79F3N12O21S6. The summed E-state index contributed by atoms with van der Waals surface area (Å²) >= 11 is 0. The van der Waals surface area contributed by atoms with Crippen molar-refractivity contribution in [2.45, 2.75) is 123 Å². The number of carbonyl (C=O) groups is 5. The maximum atomic E-state index is 13.6. The van der Waals surface area contributed by atoms with Gasteiger partial charge >= 0.3 is 17.9 Å². The molecule has 42 heteroatoms. The van der Waals surface area contributed by atoms with E-state index in [0.29, 0.717) is 49.8 Å². The van der Waals surface area contributed by atoms with Crippen molar-refractivity contribution >= 4 is 141 Å². The van der Waals surface area contributed by atoms with Crippen molar-refractivity contribution in [3.63, 3.8) is 0 Å². The van der Waals surface area contributed by atoms with Gasteiger partial charge in [0.05, 0.1) is 68.3 Å². The SMILES string of the molecule is COC(=O)[C@@H]1CCC[C@@H]1N(Cc1ccc(F)cc1)C(=O)CC1=NS(=O)(=O)c2cc(NS(C)(=O)=O)ccc2N1.COC(=O)[C@@H]1CCC[C@@H]1NCc1ccc(F)cc1.CS(=O)(=O)Nc1ccc2c(c1)S(=O)(=O)N=C(C1=C(O)[C@@H]3CCC[C@@H]3N(Cc3ccc(F)cc3)C1=O)N2.CS(=O)(=O)Nc1ccc2c(c1)S(=O)(=O)N=C(CC(=O)O)N2. The van der Waals surface area contributed by atoms with E-state index in [2.05, 4.69) is 48.6 Å². The summed E-state index contributed by atoms with van der Waals surface area (Å²) in [6, 6.07) is 28.7. The normalized spacial score (nSPS) is 20.8. The molecule has 6 aromatic carbocycles. The summed E-state index contributed by atoms with van der Waals surface area (Å²) in [6.45, 7) is 0.890. The second kappa shape index (κ2) is 34.8. The van der Waals surface area contributed by atoms with Crippen LogP contribution < -0.4 is 35.4 Å². The van der Waals surface area contributed by atoms with E-state index in [1.165, 1.54) is 104 Å². The van der Waals surface area contributed by atoms with Crippen LogP contribution in [-0.2, 0) is 113 Å². The van der Waals surface area contributed by atoms with Crippen LogP contribution in [0.3, 0.4) is 0 Å². The van der Waals surface area contributed by atoms with Crippen molar-refractivity contribution < 1.29 is 107 Å². The van der Waals surface area contributed by atoms with E-state index in [4.69, 9.17) is 14.6 Å². The Morgan fingerprint density at radius 2 is 0.973 bits per heavy atom. The van der Waals surface area contributed by atoms with Gasteiger partial charge in [-0.25, -0.2) is 38.4 Å². The molecule has 606 valence electrons. The lowest BCUT2D eigenvalue weighted by Crippen LogP contribution is -2.49. The Balaban J connectivity index is 0.000000167. The number of aliphatic hydroxyl groups is 1. The first-order chi connectivity index (χ1) is 53.1. The van der Waals surface area contributed by atoms with Crippen molar-refractivity contribution in [2.75, 3.05) is 63.1 Å². The third-order valence-electron chi connectivity index (χ3n) is 18.7. The lowest BCUT2D eigenvalue weighted by molar-refractivity contribution is -0.149. The Hall–Kier alpha value is -10.5. The van der Waals surface area contributed by atoms with Crippen molar-refractivity contribution in [3.05, 3.63) is 173 Å². The van der Waals surface area contributed by atoms with Gasteiger partial charge in [-0.05, 0) is 146 Å². The quantitative estimate of drug-likeness (QED) is 0.0315. The van der Waals surface area contributed by atoms with Crippen LogP contribution in [0.25, 0.3) is 0 Å². The lowest BCUT2D eigenvalue weighted by Gasteiger charge is -2.39. The number of carboxylic acid groups (broad SMARTS) is 1. The second-order valence-electron chi connectivity index (χ2n) is 27.2. The molecular weight excluding hydrogens is 1610 g/mol.